The molecule has 4 amide bonds. The van der Waals surface area contributed by atoms with Gasteiger partial charge in [0.05, 0.1) is 4.90 Å². The number of hydrazine groups is 1. The first-order chi connectivity index (χ1) is 15.6. The lowest BCUT2D eigenvalue weighted by atomic mass is 9.77. The first-order valence-corrected chi connectivity index (χ1v) is 12.3. The molecule has 2 aromatic rings. The molecular weight excluding hydrogens is 444 g/mol. The summed E-state index contributed by atoms with van der Waals surface area (Å²) in [6.45, 7) is 4.00. The summed E-state index contributed by atoms with van der Waals surface area (Å²) in [4.78, 5) is 37.9. The van der Waals surface area contributed by atoms with Crippen LogP contribution in [0.15, 0.2) is 53.4 Å². The molecule has 33 heavy (non-hydrogen) atoms. The Balaban J connectivity index is 1.44. The van der Waals surface area contributed by atoms with Crippen LogP contribution in [-0.2, 0) is 14.8 Å². The molecule has 0 unspecified atom stereocenters. The second-order valence-electron chi connectivity index (χ2n) is 8.77. The van der Waals surface area contributed by atoms with Crippen LogP contribution in [0.1, 0.15) is 48.5 Å². The highest BCUT2D eigenvalue weighted by Gasteiger charge is 2.52. The van der Waals surface area contributed by atoms with E-state index in [9.17, 15) is 22.8 Å². The number of imide groups is 1. The Morgan fingerprint density at radius 3 is 2.24 bits per heavy atom. The summed E-state index contributed by atoms with van der Waals surface area (Å²) >= 11 is 0. The number of hydrogen-bond acceptors (Lipinski definition) is 5. The molecule has 9 nitrogen and oxygen atoms in total. The minimum absolute atomic E-state index is 0.0232. The molecule has 1 spiro atoms. The van der Waals surface area contributed by atoms with E-state index in [1.807, 2.05) is 6.92 Å². The fourth-order valence-electron chi connectivity index (χ4n) is 4.10. The zero-order chi connectivity index (χ0) is 23.8. The molecule has 0 bridgehead atoms. The van der Waals surface area contributed by atoms with Gasteiger partial charge in [-0.1, -0.05) is 24.6 Å². The van der Waals surface area contributed by atoms with E-state index in [4.69, 9.17) is 0 Å². The van der Waals surface area contributed by atoms with Crippen LogP contribution in [0.25, 0.3) is 0 Å². The number of amides is 4. The summed E-state index contributed by atoms with van der Waals surface area (Å²) in [5, 5.41) is 3.46. The maximum Gasteiger partial charge on any atom is 0.344 e. The molecule has 0 aromatic heterocycles. The highest BCUT2D eigenvalue weighted by molar-refractivity contribution is 7.92. The van der Waals surface area contributed by atoms with Gasteiger partial charge in [0.25, 0.3) is 21.8 Å². The first kappa shape index (κ1) is 22.8. The normalized spacial score (nSPS) is 22.8. The summed E-state index contributed by atoms with van der Waals surface area (Å²) < 4.78 is 27.7. The third-order valence-corrected chi connectivity index (χ3v) is 7.63. The number of hydrogen-bond donors (Lipinski definition) is 3. The zero-order valence-corrected chi connectivity index (χ0v) is 19.2. The van der Waals surface area contributed by atoms with Crippen molar-refractivity contribution in [2.75, 3.05) is 4.72 Å². The minimum Gasteiger partial charge on any atom is -0.322 e. The largest absolute Gasteiger partial charge is 0.344 e. The topological polar surface area (TPSA) is 125 Å². The van der Waals surface area contributed by atoms with E-state index >= 15 is 0 Å². The number of benzene rings is 2. The molecule has 10 heteroatoms. The SMILES string of the molecule is Cc1ccc(NS(=O)(=O)c2ccc(C(=O)NN3C(=O)NC4(CCC(C)CC4)C3=O)cc2)cc1. The molecule has 174 valence electrons. The number of rotatable bonds is 5. The van der Waals surface area contributed by atoms with E-state index in [2.05, 4.69) is 22.4 Å². The molecule has 2 aromatic carbocycles. The van der Waals surface area contributed by atoms with E-state index in [1.165, 1.54) is 24.3 Å². The number of sulfonamides is 1. The number of nitrogens with one attached hydrogen (secondary N) is 3. The van der Waals surface area contributed by atoms with E-state index in [1.54, 1.807) is 24.3 Å². The van der Waals surface area contributed by atoms with E-state index in [0.29, 0.717) is 24.4 Å². The van der Waals surface area contributed by atoms with Crippen LogP contribution in [0.4, 0.5) is 10.5 Å². The predicted molar refractivity (Wildman–Crippen MR) is 122 cm³/mol. The fraction of sp³-hybridized carbons (Fsp3) is 0.348. The molecule has 2 fully saturated rings. The average molecular weight is 471 g/mol. The van der Waals surface area contributed by atoms with Crippen molar-refractivity contribution in [3.05, 3.63) is 59.7 Å². The van der Waals surface area contributed by atoms with E-state index in [0.717, 1.165) is 23.4 Å². The average Bonchev–Trinajstić information content (AvgIpc) is 3.01. The van der Waals surface area contributed by atoms with Crippen molar-refractivity contribution in [2.45, 2.75) is 50.0 Å². The number of aryl methyl sites for hydroxylation is 1. The Kier molecular flexibility index (Phi) is 5.87. The van der Waals surface area contributed by atoms with Gasteiger partial charge in [-0.2, -0.15) is 5.01 Å². The summed E-state index contributed by atoms with van der Waals surface area (Å²) in [6, 6.07) is 11.5. The van der Waals surface area contributed by atoms with Gasteiger partial charge in [0.15, 0.2) is 0 Å². The number of carbonyl (C=O) groups excluding carboxylic acids is 3. The van der Waals surface area contributed by atoms with Gasteiger partial charge in [-0.3, -0.25) is 19.7 Å². The first-order valence-electron chi connectivity index (χ1n) is 10.8. The smallest absolute Gasteiger partial charge is 0.322 e. The highest BCUT2D eigenvalue weighted by Crippen LogP contribution is 2.35. The summed E-state index contributed by atoms with van der Waals surface area (Å²) in [6.07, 6.45) is 2.71. The van der Waals surface area contributed by atoms with Gasteiger partial charge < -0.3 is 5.32 Å². The Labute approximate surface area is 192 Å². The second-order valence-corrected chi connectivity index (χ2v) is 10.5. The second kappa shape index (κ2) is 8.51. The van der Waals surface area contributed by atoms with Crippen LogP contribution in [0.2, 0.25) is 0 Å². The lowest BCUT2D eigenvalue weighted by Gasteiger charge is -2.33. The van der Waals surface area contributed by atoms with Gasteiger partial charge in [-0.25, -0.2) is 13.2 Å². The Morgan fingerprint density at radius 2 is 1.64 bits per heavy atom. The van der Waals surface area contributed by atoms with Crippen molar-refractivity contribution >= 4 is 33.6 Å². The van der Waals surface area contributed by atoms with E-state index < -0.39 is 33.4 Å². The minimum atomic E-state index is -3.84. The van der Waals surface area contributed by atoms with E-state index in [-0.39, 0.29) is 10.5 Å². The molecule has 1 saturated carbocycles. The van der Waals surface area contributed by atoms with Crippen LogP contribution < -0.4 is 15.5 Å². The van der Waals surface area contributed by atoms with Gasteiger partial charge in [0.2, 0.25) is 0 Å². The molecule has 1 aliphatic heterocycles. The van der Waals surface area contributed by atoms with Crippen molar-refractivity contribution in [2.24, 2.45) is 5.92 Å². The van der Waals surface area contributed by atoms with Gasteiger partial charge in [-0.05, 0) is 74.9 Å². The van der Waals surface area contributed by atoms with Crippen LogP contribution in [0.5, 0.6) is 0 Å². The summed E-state index contributed by atoms with van der Waals surface area (Å²) in [5.74, 6) is -0.663. The molecule has 3 N–H and O–H groups in total. The lowest BCUT2D eigenvalue weighted by molar-refractivity contribution is -0.134. The Bertz CT molecular complexity index is 1180. The monoisotopic (exact) mass is 470 g/mol. The van der Waals surface area contributed by atoms with Crippen LogP contribution in [-0.4, -0.2) is 36.8 Å². The number of anilines is 1. The third-order valence-electron chi connectivity index (χ3n) is 6.23. The van der Waals surface area contributed by atoms with Gasteiger partial charge in [0.1, 0.15) is 5.54 Å². The van der Waals surface area contributed by atoms with Crippen LogP contribution >= 0.6 is 0 Å². The predicted octanol–water partition coefficient (Wildman–Crippen LogP) is 2.94. The molecule has 1 aliphatic carbocycles. The van der Waals surface area contributed by atoms with Crippen molar-refractivity contribution < 1.29 is 22.8 Å². The molecule has 0 radical (unpaired) electrons. The maximum absolute atomic E-state index is 12.9. The number of carbonyl (C=O) groups is 3. The zero-order valence-electron chi connectivity index (χ0n) is 18.4. The number of urea groups is 1. The summed E-state index contributed by atoms with van der Waals surface area (Å²) in [5.41, 5.74) is 2.93. The number of nitrogens with zero attached hydrogens (tertiary/aromatic N) is 1. The van der Waals surface area contributed by atoms with Crippen LogP contribution in [0.3, 0.4) is 0 Å². The van der Waals surface area contributed by atoms with Gasteiger partial charge in [-0.15, -0.1) is 0 Å². The molecule has 2 aliphatic rings. The Hall–Kier alpha value is -3.40. The highest BCUT2D eigenvalue weighted by atomic mass is 32.2. The molecule has 1 saturated heterocycles. The Morgan fingerprint density at radius 1 is 1.03 bits per heavy atom. The van der Waals surface area contributed by atoms with Gasteiger partial charge >= 0.3 is 6.03 Å². The maximum atomic E-state index is 12.9. The lowest BCUT2D eigenvalue weighted by Crippen LogP contribution is -2.51. The van der Waals surface area contributed by atoms with Gasteiger partial charge in [0, 0.05) is 11.3 Å². The quantitative estimate of drug-likeness (QED) is 0.580. The standard InChI is InChI=1S/C23H26N4O5S/c1-15-3-7-18(8-4-15)26-33(31,32)19-9-5-17(6-10-19)20(28)25-27-21(29)23(24-22(27)30)13-11-16(2)12-14-23/h3-10,16,26H,11-14H2,1-2H3,(H,24,30)(H,25,28). The summed E-state index contributed by atoms with van der Waals surface area (Å²) in [7, 11) is -3.84. The van der Waals surface area contributed by atoms with Crippen molar-refractivity contribution in [3.63, 3.8) is 0 Å². The van der Waals surface area contributed by atoms with Crippen molar-refractivity contribution in [1.29, 1.82) is 0 Å². The molecule has 4 rings (SSSR count). The van der Waals surface area contributed by atoms with Crippen LogP contribution in [0, 0.1) is 12.8 Å². The molecular formula is C23H26N4O5S. The fourth-order valence-corrected chi connectivity index (χ4v) is 5.16. The van der Waals surface area contributed by atoms with Crippen molar-refractivity contribution in [3.8, 4) is 0 Å². The van der Waals surface area contributed by atoms with Crippen molar-refractivity contribution in [1.82, 2.24) is 15.8 Å². The molecule has 0 atom stereocenters. The molecule has 1 heterocycles. The third kappa shape index (κ3) is 4.56.